The van der Waals surface area contributed by atoms with Crippen molar-refractivity contribution in [3.8, 4) is 11.5 Å². The van der Waals surface area contributed by atoms with Crippen molar-refractivity contribution in [2.45, 2.75) is 12.7 Å². The first kappa shape index (κ1) is 18.8. The van der Waals surface area contributed by atoms with Crippen molar-refractivity contribution < 1.29 is 31.8 Å². The van der Waals surface area contributed by atoms with Crippen molar-refractivity contribution in [2.24, 2.45) is 0 Å². The van der Waals surface area contributed by atoms with Crippen LogP contribution in [0.25, 0.3) is 6.08 Å². The Morgan fingerprint density at radius 2 is 1.64 bits per heavy atom. The Balaban J connectivity index is 2.01. The largest absolute Gasteiger partial charge is 0.504 e. The lowest BCUT2D eigenvalue weighted by molar-refractivity contribution is -0.137. The summed E-state index contributed by atoms with van der Waals surface area (Å²) >= 11 is 0. The van der Waals surface area contributed by atoms with E-state index in [0.29, 0.717) is 11.1 Å². The van der Waals surface area contributed by atoms with E-state index in [1.165, 1.54) is 36.4 Å². The second-order valence-electron chi connectivity index (χ2n) is 5.11. The molecule has 0 atom stereocenters. The zero-order valence-corrected chi connectivity index (χ0v) is 13.5. The van der Waals surface area contributed by atoms with Crippen LogP contribution in [0.2, 0.25) is 0 Å². The summed E-state index contributed by atoms with van der Waals surface area (Å²) in [6.45, 7) is -0.175. The van der Waals surface area contributed by atoms with Crippen molar-refractivity contribution in [1.29, 1.82) is 0 Å². The van der Waals surface area contributed by atoms with E-state index >= 15 is 0 Å². The molecular weight excluding hydrogens is 359 g/mol. The molecule has 0 saturated carbocycles. The molecule has 0 radical (unpaired) electrons. The smallest absolute Gasteiger partial charge is 0.416 e. The van der Waals surface area contributed by atoms with Crippen molar-refractivity contribution in [2.75, 3.05) is 0 Å². The molecule has 0 bridgehead atoms. The molecule has 2 rings (SSSR count). The van der Waals surface area contributed by atoms with Gasteiger partial charge in [0.2, 0.25) is 10.0 Å². The molecule has 9 heteroatoms. The number of nitrogens with one attached hydrogen (secondary N) is 1. The van der Waals surface area contributed by atoms with Gasteiger partial charge in [-0.25, -0.2) is 13.1 Å². The lowest BCUT2D eigenvalue weighted by Crippen LogP contribution is -2.20. The summed E-state index contributed by atoms with van der Waals surface area (Å²) in [7, 11) is -3.84. The van der Waals surface area contributed by atoms with Crippen LogP contribution in [0, 0.1) is 0 Å². The number of rotatable bonds is 5. The molecule has 0 unspecified atom stereocenters. The molecule has 2 aromatic rings. The molecule has 0 aliphatic rings. The van der Waals surface area contributed by atoms with Crippen molar-refractivity contribution >= 4 is 16.1 Å². The normalized spacial score (nSPS) is 12.6. The van der Waals surface area contributed by atoms with Crippen LogP contribution in [-0.2, 0) is 22.7 Å². The summed E-state index contributed by atoms with van der Waals surface area (Å²) < 4.78 is 63.3. The van der Waals surface area contributed by atoms with Crippen LogP contribution in [0.3, 0.4) is 0 Å². The molecule has 134 valence electrons. The van der Waals surface area contributed by atoms with Gasteiger partial charge in [-0.15, -0.1) is 0 Å². The number of benzene rings is 2. The van der Waals surface area contributed by atoms with E-state index in [-0.39, 0.29) is 12.3 Å². The van der Waals surface area contributed by atoms with E-state index in [0.717, 1.165) is 17.5 Å². The first-order chi connectivity index (χ1) is 11.6. The van der Waals surface area contributed by atoms with Gasteiger partial charge in [0.25, 0.3) is 0 Å². The van der Waals surface area contributed by atoms with Gasteiger partial charge >= 0.3 is 6.18 Å². The Labute approximate surface area is 142 Å². The standard InChI is InChI=1S/C16H14F3NO4S/c17-16(18,19)13-4-1-12(2-5-13)10-20-25(23,24)8-7-11-3-6-14(21)15(22)9-11/h1-9,20-22H,10H2/b8-7+. The quantitative estimate of drug-likeness (QED) is 0.703. The molecular formula is C16H14F3NO4S. The number of halogens is 3. The van der Waals surface area contributed by atoms with Gasteiger partial charge in [-0.05, 0) is 41.5 Å². The Morgan fingerprint density at radius 1 is 1.00 bits per heavy atom. The number of phenolic OH excluding ortho intramolecular Hbond substituents is 2. The fourth-order valence-corrected chi connectivity index (χ4v) is 2.66. The molecule has 0 spiro atoms. The first-order valence-corrected chi connectivity index (χ1v) is 8.47. The number of alkyl halides is 3. The zero-order valence-electron chi connectivity index (χ0n) is 12.7. The van der Waals surface area contributed by atoms with Crippen LogP contribution >= 0.6 is 0 Å². The highest BCUT2D eigenvalue weighted by Gasteiger charge is 2.29. The van der Waals surface area contributed by atoms with Gasteiger partial charge in [0.1, 0.15) is 0 Å². The van der Waals surface area contributed by atoms with E-state index in [9.17, 15) is 31.8 Å². The van der Waals surface area contributed by atoms with Crippen LogP contribution in [0.15, 0.2) is 47.9 Å². The van der Waals surface area contributed by atoms with E-state index in [1.54, 1.807) is 0 Å². The molecule has 0 aliphatic heterocycles. The molecule has 0 fully saturated rings. The van der Waals surface area contributed by atoms with E-state index < -0.39 is 27.5 Å². The predicted octanol–water partition coefficient (Wildman–Crippen LogP) is 3.21. The topological polar surface area (TPSA) is 86.6 Å². The molecule has 2 aromatic carbocycles. The van der Waals surface area contributed by atoms with Gasteiger partial charge in [0.15, 0.2) is 11.5 Å². The lowest BCUT2D eigenvalue weighted by Gasteiger charge is -2.08. The Hall–Kier alpha value is -2.52. The van der Waals surface area contributed by atoms with Crippen LogP contribution in [-0.4, -0.2) is 18.6 Å². The van der Waals surface area contributed by atoms with Crippen LogP contribution < -0.4 is 4.72 Å². The summed E-state index contributed by atoms with van der Waals surface area (Å²) in [5.41, 5.74) is -0.103. The maximum absolute atomic E-state index is 12.5. The zero-order chi connectivity index (χ0) is 18.7. The van der Waals surface area contributed by atoms with Crippen LogP contribution in [0.5, 0.6) is 11.5 Å². The van der Waals surface area contributed by atoms with E-state index in [2.05, 4.69) is 4.72 Å². The fourth-order valence-electron chi connectivity index (χ4n) is 1.86. The predicted molar refractivity (Wildman–Crippen MR) is 86.0 cm³/mol. The Bertz CT molecular complexity index is 875. The van der Waals surface area contributed by atoms with Crippen LogP contribution in [0.4, 0.5) is 13.2 Å². The Morgan fingerprint density at radius 3 is 2.20 bits per heavy atom. The average molecular weight is 373 g/mol. The number of sulfonamides is 1. The second-order valence-corrected chi connectivity index (χ2v) is 6.76. The molecule has 5 nitrogen and oxygen atoms in total. The fraction of sp³-hybridized carbons (Fsp3) is 0.125. The molecule has 25 heavy (non-hydrogen) atoms. The highest BCUT2D eigenvalue weighted by molar-refractivity contribution is 7.92. The molecule has 3 N–H and O–H groups in total. The highest BCUT2D eigenvalue weighted by Crippen LogP contribution is 2.29. The highest BCUT2D eigenvalue weighted by atomic mass is 32.2. The van der Waals surface area contributed by atoms with Gasteiger partial charge in [-0.1, -0.05) is 18.2 Å². The number of hydrogen-bond acceptors (Lipinski definition) is 4. The molecule has 0 aliphatic carbocycles. The van der Waals surface area contributed by atoms with E-state index in [4.69, 9.17) is 0 Å². The van der Waals surface area contributed by atoms with E-state index in [1.807, 2.05) is 0 Å². The van der Waals surface area contributed by atoms with Gasteiger partial charge in [0.05, 0.1) is 5.56 Å². The summed E-state index contributed by atoms with van der Waals surface area (Å²) in [4.78, 5) is 0. The first-order valence-electron chi connectivity index (χ1n) is 6.93. The molecule has 0 aromatic heterocycles. The third kappa shape index (κ3) is 5.50. The second kappa shape index (κ2) is 7.16. The van der Waals surface area contributed by atoms with Crippen molar-refractivity contribution in [1.82, 2.24) is 4.72 Å². The summed E-state index contributed by atoms with van der Waals surface area (Å²) in [6, 6.07) is 7.91. The maximum Gasteiger partial charge on any atom is 0.416 e. The monoisotopic (exact) mass is 373 g/mol. The van der Waals surface area contributed by atoms with Gasteiger partial charge in [-0.3, -0.25) is 0 Å². The number of phenols is 2. The SMILES string of the molecule is O=S(=O)(/C=C/c1ccc(O)c(O)c1)NCc1ccc(C(F)(F)F)cc1. The van der Waals surface area contributed by atoms with Gasteiger partial charge in [0, 0.05) is 12.0 Å². The molecule has 0 amide bonds. The molecule has 0 saturated heterocycles. The minimum Gasteiger partial charge on any atom is -0.504 e. The minimum absolute atomic E-state index is 0.175. The third-order valence-corrected chi connectivity index (χ3v) is 4.24. The maximum atomic E-state index is 12.5. The summed E-state index contributed by atoms with van der Waals surface area (Å²) in [5, 5.41) is 19.4. The average Bonchev–Trinajstić information content (AvgIpc) is 2.54. The van der Waals surface area contributed by atoms with Crippen molar-refractivity contribution in [3.63, 3.8) is 0 Å². The van der Waals surface area contributed by atoms with Crippen LogP contribution in [0.1, 0.15) is 16.7 Å². The minimum atomic E-state index is -4.45. The Kier molecular flexibility index (Phi) is 5.39. The lowest BCUT2D eigenvalue weighted by atomic mass is 10.1. The van der Waals surface area contributed by atoms with Gasteiger partial charge < -0.3 is 10.2 Å². The third-order valence-electron chi connectivity index (χ3n) is 3.20. The van der Waals surface area contributed by atoms with Crippen molar-refractivity contribution in [3.05, 3.63) is 64.6 Å². The summed E-state index contributed by atoms with van der Waals surface area (Å²) in [5.74, 6) is -0.724. The summed E-state index contributed by atoms with van der Waals surface area (Å²) in [6.07, 6.45) is -3.25. The van der Waals surface area contributed by atoms with Gasteiger partial charge in [-0.2, -0.15) is 13.2 Å². The molecule has 0 heterocycles. The number of hydrogen-bond donors (Lipinski definition) is 3. The number of aromatic hydroxyl groups is 2.